The number of fused-ring (bicyclic) bond motifs is 2. The summed E-state index contributed by atoms with van der Waals surface area (Å²) in [6.07, 6.45) is 5.65. The molecule has 2 unspecified atom stereocenters. The fraction of sp³-hybridized carbons (Fsp3) is 0.714. The van der Waals surface area contributed by atoms with Crippen LogP contribution in [0.5, 0.6) is 0 Å². The van der Waals surface area contributed by atoms with Gasteiger partial charge in [-0.25, -0.2) is 0 Å². The number of rotatable bonds is 2. The molecule has 1 N–H and O–H groups in total. The number of carbonyl (C=O) groups is 2. The van der Waals surface area contributed by atoms with Crippen molar-refractivity contribution in [2.24, 2.45) is 23.7 Å². The highest BCUT2D eigenvalue weighted by Gasteiger charge is 2.52. The van der Waals surface area contributed by atoms with Crippen molar-refractivity contribution in [3.63, 3.8) is 0 Å². The second-order valence-corrected chi connectivity index (χ2v) is 5.63. The lowest BCUT2D eigenvalue weighted by atomic mass is 9.82. The van der Waals surface area contributed by atoms with Gasteiger partial charge in [0.05, 0.1) is 18.4 Å². The molecule has 1 heterocycles. The minimum Gasteiger partial charge on any atom is -0.481 e. The number of carbonyl (C=O) groups excluding carboxylic acids is 1. The first-order chi connectivity index (χ1) is 9.18. The van der Waals surface area contributed by atoms with E-state index < -0.39 is 11.9 Å². The average molecular weight is 265 g/mol. The molecular formula is C14H19NO4. The van der Waals surface area contributed by atoms with Crippen LogP contribution in [0, 0.1) is 23.7 Å². The second-order valence-electron chi connectivity index (χ2n) is 5.63. The van der Waals surface area contributed by atoms with Gasteiger partial charge in [0.1, 0.15) is 0 Å². The predicted molar refractivity (Wildman–Crippen MR) is 67.4 cm³/mol. The third kappa shape index (κ3) is 2.16. The zero-order chi connectivity index (χ0) is 13.4. The highest BCUT2D eigenvalue weighted by atomic mass is 16.5. The summed E-state index contributed by atoms with van der Waals surface area (Å²) < 4.78 is 5.35. The molecule has 5 nitrogen and oxygen atoms in total. The summed E-state index contributed by atoms with van der Waals surface area (Å²) in [7, 11) is 0. The molecular weight excluding hydrogens is 246 g/mol. The van der Waals surface area contributed by atoms with Crippen LogP contribution in [0.25, 0.3) is 0 Å². The molecule has 3 rings (SSSR count). The van der Waals surface area contributed by atoms with Gasteiger partial charge in [-0.2, -0.15) is 0 Å². The largest absolute Gasteiger partial charge is 0.481 e. The first-order valence-electron chi connectivity index (χ1n) is 6.96. The van der Waals surface area contributed by atoms with Gasteiger partial charge in [-0.15, -0.1) is 0 Å². The summed E-state index contributed by atoms with van der Waals surface area (Å²) in [5, 5.41) is 9.38. The van der Waals surface area contributed by atoms with E-state index in [1.807, 2.05) is 12.2 Å². The molecule has 4 atom stereocenters. The molecule has 1 amide bonds. The zero-order valence-corrected chi connectivity index (χ0v) is 10.8. The molecule has 1 saturated heterocycles. The van der Waals surface area contributed by atoms with Crippen LogP contribution in [-0.2, 0) is 14.3 Å². The Labute approximate surface area is 112 Å². The topological polar surface area (TPSA) is 66.8 Å². The van der Waals surface area contributed by atoms with Crippen molar-refractivity contribution in [3.05, 3.63) is 12.2 Å². The van der Waals surface area contributed by atoms with Crippen LogP contribution in [0.4, 0.5) is 0 Å². The maximum Gasteiger partial charge on any atom is 0.307 e. The summed E-state index contributed by atoms with van der Waals surface area (Å²) in [5.74, 6) is -1.57. The van der Waals surface area contributed by atoms with E-state index in [9.17, 15) is 14.7 Å². The maximum atomic E-state index is 12.6. The Bertz CT molecular complexity index is 412. The fourth-order valence-corrected chi connectivity index (χ4v) is 3.67. The van der Waals surface area contributed by atoms with Crippen molar-refractivity contribution in [3.8, 4) is 0 Å². The van der Waals surface area contributed by atoms with Crippen LogP contribution in [-0.4, -0.2) is 48.2 Å². The van der Waals surface area contributed by atoms with E-state index in [2.05, 4.69) is 0 Å². The highest BCUT2D eigenvalue weighted by molar-refractivity contribution is 5.87. The molecule has 0 radical (unpaired) electrons. The average Bonchev–Trinajstić information content (AvgIpc) is 2.89. The summed E-state index contributed by atoms with van der Waals surface area (Å²) in [6.45, 7) is 2.51. The molecule has 2 fully saturated rings. The smallest absolute Gasteiger partial charge is 0.307 e. The van der Waals surface area contributed by atoms with E-state index in [1.165, 1.54) is 0 Å². The van der Waals surface area contributed by atoms with Gasteiger partial charge in [-0.1, -0.05) is 12.2 Å². The number of ether oxygens (including phenoxy) is 1. The molecule has 19 heavy (non-hydrogen) atoms. The summed E-state index contributed by atoms with van der Waals surface area (Å²) in [4.78, 5) is 25.9. The molecule has 0 aromatic carbocycles. The van der Waals surface area contributed by atoms with Crippen molar-refractivity contribution in [1.29, 1.82) is 0 Å². The van der Waals surface area contributed by atoms with Gasteiger partial charge in [0.15, 0.2) is 0 Å². The van der Waals surface area contributed by atoms with E-state index in [1.54, 1.807) is 4.90 Å². The lowest BCUT2D eigenvalue weighted by Gasteiger charge is -2.29. The van der Waals surface area contributed by atoms with Crippen LogP contribution in [0.1, 0.15) is 12.8 Å². The quantitative estimate of drug-likeness (QED) is 0.748. The van der Waals surface area contributed by atoms with Crippen LogP contribution in [0.15, 0.2) is 12.2 Å². The molecule has 0 aromatic heterocycles. The Hall–Kier alpha value is -1.36. The molecule has 0 spiro atoms. The summed E-state index contributed by atoms with van der Waals surface area (Å²) >= 11 is 0. The van der Waals surface area contributed by atoms with E-state index in [-0.39, 0.29) is 23.7 Å². The van der Waals surface area contributed by atoms with Gasteiger partial charge in [-0.05, 0) is 24.7 Å². The summed E-state index contributed by atoms with van der Waals surface area (Å²) in [6, 6.07) is 0. The Balaban J connectivity index is 1.78. The second kappa shape index (κ2) is 4.96. The normalized spacial score (nSPS) is 37.4. The molecule has 5 heteroatoms. The minimum atomic E-state index is -0.832. The van der Waals surface area contributed by atoms with Gasteiger partial charge in [0.25, 0.3) is 0 Å². The number of hydrogen-bond acceptors (Lipinski definition) is 3. The van der Waals surface area contributed by atoms with Gasteiger partial charge < -0.3 is 14.7 Å². The molecule has 1 saturated carbocycles. The lowest BCUT2D eigenvalue weighted by Crippen LogP contribution is -2.43. The molecule has 1 aliphatic heterocycles. The van der Waals surface area contributed by atoms with Gasteiger partial charge in [-0.3, -0.25) is 9.59 Å². The van der Waals surface area contributed by atoms with Crippen molar-refractivity contribution < 1.29 is 19.4 Å². The number of amides is 1. The maximum absolute atomic E-state index is 12.6. The Morgan fingerprint density at radius 1 is 1.11 bits per heavy atom. The number of hydrogen-bond donors (Lipinski definition) is 1. The molecule has 104 valence electrons. The third-order valence-electron chi connectivity index (χ3n) is 4.56. The highest BCUT2D eigenvalue weighted by Crippen LogP contribution is 2.48. The third-order valence-corrected chi connectivity index (χ3v) is 4.56. The van der Waals surface area contributed by atoms with Crippen molar-refractivity contribution in [2.75, 3.05) is 26.3 Å². The SMILES string of the molecule is O=C(O)[C@@H]1C2C=CC(C2)[C@@H]1C(=O)N1CCCOCC1. The summed E-state index contributed by atoms with van der Waals surface area (Å²) in [5.41, 5.74) is 0. The molecule has 3 aliphatic rings. The van der Waals surface area contributed by atoms with Crippen LogP contribution >= 0.6 is 0 Å². The first-order valence-corrected chi connectivity index (χ1v) is 6.96. The van der Waals surface area contributed by atoms with Crippen LogP contribution < -0.4 is 0 Å². The lowest BCUT2D eigenvalue weighted by molar-refractivity contribution is -0.151. The predicted octanol–water partition coefficient (Wildman–Crippen LogP) is 0.758. The molecule has 0 aromatic rings. The van der Waals surface area contributed by atoms with Crippen LogP contribution in [0.2, 0.25) is 0 Å². The van der Waals surface area contributed by atoms with Crippen LogP contribution in [0.3, 0.4) is 0 Å². The van der Waals surface area contributed by atoms with E-state index in [0.29, 0.717) is 26.3 Å². The van der Waals surface area contributed by atoms with Gasteiger partial charge in [0, 0.05) is 19.7 Å². The van der Waals surface area contributed by atoms with Gasteiger partial charge in [0.2, 0.25) is 5.91 Å². The van der Waals surface area contributed by atoms with E-state index >= 15 is 0 Å². The Morgan fingerprint density at radius 2 is 1.84 bits per heavy atom. The van der Waals surface area contributed by atoms with Crippen molar-refractivity contribution in [2.45, 2.75) is 12.8 Å². The monoisotopic (exact) mass is 265 g/mol. The fourth-order valence-electron chi connectivity index (χ4n) is 3.67. The molecule has 2 bridgehead atoms. The number of allylic oxidation sites excluding steroid dienone is 2. The van der Waals surface area contributed by atoms with Crippen molar-refractivity contribution in [1.82, 2.24) is 4.90 Å². The minimum absolute atomic E-state index is 0.00903. The Kier molecular flexibility index (Phi) is 3.31. The standard InChI is InChI=1S/C14H19NO4/c16-13(15-4-1-6-19-7-5-15)11-9-2-3-10(8-9)12(11)14(17)18/h2-3,9-12H,1,4-8H2,(H,17,18)/t9?,10?,11-,12+/m0/s1. The molecule has 2 aliphatic carbocycles. The number of aliphatic carboxylic acids is 1. The van der Waals surface area contributed by atoms with E-state index in [4.69, 9.17) is 4.74 Å². The first kappa shape index (κ1) is 12.7. The number of carboxylic acids is 1. The zero-order valence-electron chi connectivity index (χ0n) is 10.8. The Morgan fingerprint density at radius 3 is 2.58 bits per heavy atom. The number of carboxylic acid groups (broad SMARTS) is 1. The number of nitrogens with zero attached hydrogens (tertiary/aromatic N) is 1. The van der Waals surface area contributed by atoms with E-state index in [0.717, 1.165) is 12.8 Å². The van der Waals surface area contributed by atoms with Gasteiger partial charge >= 0.3 is 5.97 Å². The van der Waals surface area contributed by atoms with Crippen molar-refractivity contribution >= 4 is 11.9 Å².